The summed E-state index contributed by atoms with van der Waals surface area (Å²) in [5, 5.41) is 2.47. The second-order valence-corrected chi connectivity index (χ2v) is 9.35. The third-order valence-corrected chi connectivity index (χ3v) is 5.88. The molecule has 178 valence electrons. The fourth-order valence-corrected chi connectivity index (χ4v) is 3.95. The van der Waals surface area contributed by atoms with E-state index in [-0.39, 0.29) is 11.7 Å². The smallest absolute Gasteiger partial charge is 0.276 e. The van der Waals surface area contributed by atoms with Crippen LogP contribution in [0.1, 0.15) is 48.5 Å². The van der Waals surface area contributed by atoms with Crippen LogP contribution in [0.5, 0.6) is 11.5 Å². The molecule has 3 N–H and O–H groups in total. The van der Waals surface area contributed by atoms with E-state index >= 15 is 0 Å². The Labute approximate surface area is 216 Å². The van der Waals surface area contributed by atoms with Gasteiger partial charge in [-0.2, -0.15) is 0 Å². The lowest BCUT2D eigenvalue weighted by atomic mass is 10.2. The quantitative estimate of drug-likeness (QED) is 0.197. The van der Waals surface area contributed by atoms with Crippen molar-refractivity contribution < 1.29 is 19.1 Å². The van der Waals surface area contributed by atoms with Crippen LogP contribution in [-0.2, 0) is 4.79 Å². The van der Waals surface area contributed by atoms with Gasteiger partial charge in [-0.05, 0) is 93.3 Å². The van der Waals surface area contributed by atoms with E-state index in [9.17, 15) is 9.59 Å². The number of aryl methyl sites for hydroxylation is 1. The second kappa shape index (κ2) is 14.2. The molecule has 2 rings (SSSR count). The summed E-state index contributed by atoms with van der Waals surface area (Å²) >= 11 is 11.9. The molecule has 2 aromatic rings. The van der Waals surface area contributed by atoms with Gasteiger partial charge in [-0.15, -0.1) is 0 Å². The lowest BCUT2D eigenvalue weighted by molar-refractivity contribution is -0.123. The summed E-state index contributed by atoms with van der Waals surface area (Å²) in [6.45, 7) is 4.52. The number of rotatable bonds is 10. The van der Waals surface area contributed by atoms with E-state index in [2.05, 4.69) is 55.0 Å². The molecule has 0 spiro atoms. The van der Waals surface area contributed by atoms with Crippen LogP contribution >= 0.6 is 44.1 Å². The summed E-state index contributed by atoms with van der Waals surface area (Å²) in [6, 6.07) is 10.6. The van der Waals surface area contributed by atoms with Crippen molar-refractivity contribution in [2.45, 2.75) is 39.5 Å². The highest BCUT2D eigenvalue weighted by Gasteiger charge is 2.12. The number of nitrogens with one attached hydrogen (secondary N) is 3. The largest absolute Gasteiger partial charge is 0.492 e. The van der Waals surface area contributed by atoms with Crippen molar-refractivity contribution in [2.24, 2.45) is 0 Å². The Morgan fingerprint density at radius 3 is 2.33 bits per heavy atom. The lowest BCUT2D eigenvalue weighted by Crippen LogP contribution is -2.49. The van der Waals surface area contributed by atoms with Gasteiger partial charge in [0.25, 0.3) is 11.8 Å². The third kappa shape index (κ3) is 9.69. The topological polar surface area (TPSA) is 88.7 Å². The number of unbranched alkanes of at least 4 members (excludes halogenated alkanes) is 3. The minimum atomic E-state index is -0.456. The van der Waals surface area contributed by atoms with E-state index in [4.69, 9.17) is 21.7 Å². The van der Waals surface area contributed by atoms with Gasteiger partial charge in [-0.1, -0.05) is 32.3 Å². The average molecular weight is 601 g/mol. The van der Waals surface area contributed by atoms with Crippen LogP contribution in [0.3, 0.4) is 0 Å². The first kappa shape index (κ1) is 27.1. The fraction of sp³-hybridized carbons (Fsp3) is 0.348. The Hall–Kier alpha value is -2.17. The number of hydrogen-bond acceptors (Lipinski definition) is 5. The van der Waals surface area contributed by atoms with E-state index in [0.717, 1.165) is 22.9 Å². The molecule has 10 heteroatoms. The zero-order valence-electron chi connectivity index (χ0n) is 18.5. The molecule has 0 aliphatic heterocycles. The van der Waals surface area contributed by atoms with Gasteiger partial charge in [0, 0.05) is 5.56 Å². The predicted molar refractivity (Wildman–Crippen MR) is 139 cm³/mol. The molecular weight excluding hydrogens is 574 g/mol. The molecule has 0 fully saturated rings. The predicted octanol–water partition coefficient (Wildman–Crippen LogP) is 5.19. The Morgan fingerprint density at radius 2 is 1.64 bits per heavy atom. The van der Waals surface area contributed by atoms with Crippen molar-refractivity contribution in [3.05, 3.63) is 56.5 Å². The molecule has 0 unspecified atom stereocenters. The monoisotopic (exact) mass is 599 g/mol. The summed E-state index contributed by atoms with van der Waals surface area (Å²) in [5.41, 5.74) is 6.33. The maximum atomic E-state index is 12.4. The number of ether oxygens (including phenoxy) is 2. The first-order valence-electron chi connectivity index (χ1n) is 10.5. The molecular formula is C23H27Br2N3O4S. The molecule has 2 aromatic carbocycles. The van der Waals surface area contributed by atoms with Crippen molar-refractivity contribution in [1.82, 2.24) is 16.2 Å². The number of hydrazine groups is 1. The van der Waals surface area contributed by atoms with E-state index in [1.165, 1.54) is 12.8 Å². The normalized spacial score (nSPS) is 10.3. The number of hydrogen-bond donors (Lipinski definition) is 3. The first-order chi connectivity index (χ1) is 15.8. The molecule has 33 heavy (non-hydrogen) atoms. The Morgan fingerprint density at radius 1 is 0.939 bits per heavy atom. The highest BCUT2D eigenvalue weighted by Crippen LogP contribution is 2.27. The Balaban J connectivity index is 1.75. The van der Waals surface area contributed by atoms with Gasteiger partial charge in [-0.25, -0.2) is 0 Å². The Kier molecular flexibility index (Phi) is 11.6. The summed E-state index contributed by atoms with van der Waals surface area (Å²) in [4.78, 5) is 24.4. The summed E-state index contributed by atoms with van der Waals surface area (Å²) < 4.78 is 12.6. The lowest BCUT2D eigenvalue weighted by Gasteiger charge is -2.13. The first-order valence-corrected chi connectivity index (χ1v) is 12.5. The van der Waals surface area contributed by atoms with Crippen molar-refractivity contribution >= 4 is 61.0 Å². The SMILES string of the molecule is CCCCCCOc1ccc(C(=O)NC(=S)NNC(=O)COc2ccc(C)cc2Br)cc1Br. The Bertz CT molecular complexity index is 988. The molecule has 2 amide bonds. The number of carbonyl (C=O) groups is 2. The molecule has 0 heterocycles. The van der Waals surface area contributed by atoms with E-state index in [1.807, 2.05) is 19.1 Å². The van der Waals surface area contributed by atoms with Crippen molar-refractivity contribution in [3.8, 4) is 11.5 Å². The van der Waals surface area contributed by atoms with Crippen molar-refractivity contribution in [2.75, 3.05) is 13.2 Å². The van der Waals surface area contributed by atoms with E-state index < -0.39 is 11.8 Å². The van der Waals surface area contributed by atoms with Crippen molar-refractivity contribution in [3.63, 3.8) is 0 Å². The minimum absolute atomic E-state index is 0.0442. The third-order valence-electron chi connectivity index (χ3n) is 4.44. The van der Waals surface area contributed by atoms with Crippen LogP contribution in [-0.4, -0.2) is 30.1 Å². The van der Waals surface area contributed by atoms with Gasteiger partial charge < -0.3 is 9.47 Å². The summed E-state index contributed by atoms with van der Waals surface area (Å²) in [7, 11) is 0. The number of thiocarbonyl (C=S) groups is 1. The molecule has 0 radical (unpaired) electrons. The number of benzene rings is 2. The van der Waals surface area contributed by atoms with Crippen molar-refractivity contribution in [1.29, 1.82) is 0 Å². The van der Waals surface area contributed by atoms with E-state index in [0.29, 0.717) is 28.1 Å². The maximum Gasteiger partial charge on any atom is 0.276 e. The molecule has 0 bridgehead atoms. The molecule has 0 aliphatic rings. The van der Waals surface area contributed by atoms with Crippen LogP contribution in [0.4, 0.5) is 0 Å². The average Bonchev–Trinajstić information content (AvgIpc) is 2.77. The standard InChI is InChI=1S/C23H27Br2N3O4S/c1-3-4-5-6-11-31-19-10-8-16(13-18(19)25)22(30)26-23(33)28-27-21(29)14-32-20-9-7-15(2)12-17(20)24/h7-10,12-13H,3-6,11,14H2,1-2H3,(H,27,29)(H2,26,28,30,33). The van der Waals surface area contributed by atoms with Gasteiger partial charge in [0.15, 0.2) is 11.7 Å². The van der Waals surface area contributed by atoms with Crippen LogP contribution in [0, 0.1) is 6.92 Å². The van der Waals surface area contributed by atoms with Gasteiger partial charge in [0.05, 0.1) is 15.6 Å². The van der Waals surface area contributed by atoms with Gasteiger partial charge in [0.1, 0.15) is 11.5 Å². The second-order valence-electron chi connectivity index (χ2n) is 7.23. The molecule has 0 saturated heterocycles. The van der Waals surface area contributed by atoms with Crippen LogP contribution < -0.4 is 25.6 Å². The molecule has 0 saturated carbocycles. The molecule has 7 nitrogen and oxygen atoms in total. The van der Waals surface area contributed by atoms with Gasteiger partial charge in [-0.3, -0.25) is 25.8 Å². The summed E-state index contributed by atoms with van der Waals surface area (Å²) in [6.07, 6.45) is 4.48. The maximum absolute atomic E-state index is 12.4. The highest BCUT2D eigenvalue weighted by molar-refractivity contribution is 9.10. The number of amides is 2. The number of carbonyl (C=O) groups excluding carboxylic acids is 2. The van der Waals surface area contributed by atoms with Gasteiger partial charge >= 0.3 is 0 Å². The van der Waals surface area contributed by atoms with Crippen LogP contribution in [0.15, 0.2) is 45.3 Å². The fourth-order valence-electron chi connectivity index (χ4n) is 2.71. The molecule has 0 atom stereocenters. The minimum Gasteiger partial charge on any atom is -0.492 e. The van der Waals surface area contributed by atoms with Gasteiger partial charge in [0.2, 0.25) is 0 Å². The number of halogens is 2. The molecule has 0 aliphatic carbocycles. The zero-order chi connectivity index (χ0) is 24.2. The molecule has 0 aromatic heterocycles. The summed E-state index contributed by atoms with van der Waals surface area (Å²) in [5.74, 6) is 0.348. The zero-order valence-corrected chi connectivity index (χ0v) is 22.5. The van der Waals surface area contributed by atoms with E-state index in [1.54, 1.807) is 24.3 Å². The van der Waals surface area contributed by atoms with Crippen LogP contribution in [0.25, 0.3) is 0 Å². The van der Waals surface area contributed by atoms with Crippen LogP contribution in [0.2, 0.25) is 0 Å². The highest BCUT2D eigenvalue weighted by atomic mass is 79.9.